The highest BCUT2D eigenvalue weighted by molar-refractivity contribution is 7.99. The molecule has 0 bridgehead atoms. The summed E-state index contributed by atoms with van der Waals surface area (Å²) in [6.07, 6.45) is 4.17. The summed E-state index contributed by atoms with van der Waals surface area (Å²) in [7, 11) is 0. The molecule has 1 N–H and O–H groups in total. The predicted molar refractivity (Wildman–Crippen MR) is 82.3 cm³/mol. The fraction of sp³-hybridized carbons (Fsp3) is 1.00. The van der Waals surface area contributed by atoms with Crippen LogP contribution in [0, 0.1) is 11.8 Å². The van der Waals surface area contributed by atoms with Gasteiger partial charge in [0.25, 0.3) is 0 Å². The second-order valence-corrected chi connectivity index (χ2v) is 7.56. The predicted octanol–water partition coefficient (Wildman–Crippen LogP) is 2.84. The average molecular weight is 270 g/mol. The third kappa shape index (κ3) is 3.88. The molecule has 2 rings (SSSR count). The van der Waals surface area contributed by atoms with Crippen molar-refractivity contribution in [1.29, 1.82) is 0 Å². The smallest absolute Gasteiger partial charge is 0.0218 e. The van der Waals surface area contributed by atoms with Crippen LogP contribution in [0.2, 0.25) is 0 Å². The molecule has 0 aromatic carbocycles. The number of nitrogens with one attached hydrogen (secondary N) is 1. The van der Waals surface area contributed by atoms with Crippen molar-refractivity contribution in [3.8, 4) is 0 Å². The fourth-order valence-electron chi connectivity index (χ4n) is 3.22. The van der Waals surface area contributed by atoms with Crippen LogP contribution in [0.1, 0.15) is 40.0 Å². The Morgan fingerprint density at radius 3 is 2.61 bits per heavy atom. The Bertz CT molecular complexity index is 239. The molecule has 2 fully saturated rings. The molecule has 0 aliphatic carbocycles. The molecule has 18 heavy (non-hydrogen) atoms. The molecule has 0 amide bonds. The molecule has 2 saturated heterocycles. The highest BCUT2D eigenvalue weighted by Gasteiger charge is 2.30. The van der Waals surface area contributed by atoms with Crippen molar-refractivity contribution in [1.82, 2.24) is 10.2 Å². The van der Waals surface area contributed by atoms with Gasteiger partial charge in [0, 0.05) is 31.7 Å². The maximum atomic E-state index is 3.74. The molecule has 0 radical (unpaired) electrons. The fourth-order valence-corrected chi connectivity index (χ4v) is 4.42. The summed E-state index contributed by atoms with van der Waals surface area (Å²) < 4.78 is 0. The first kappa shape index (κ1) is 14.7. The molecule has 2 unspecified atom stereocenters. The summed E-state index contributed by atoms with van der Waals surface area (Å²) in [5, 5.41) is 3.74. The molecule has 0 spiro atoms. The van der Waals surface area contributed by atoms with E-state index in [-0.39, 0.29) is 0 Å². The minimum absolute atomic E-state index is 0.700. The first-order chi connectivity index (χ1) is 8.70. The Kier molecular flexibility index (Phi) is 5.84. The lowest BCUT2D eigenvalue weighted by Gasteiger charge is -2.43. The second kappa shape index (κ2) is 7.16. The number of hydrogen-bond acceptors (Lipinski definition) is 3. The van der Waals surface area contributed by atoms with Gasteiger partial charge in [-0.25, -0.2) is 0 Å². The van der Waals surface area contributed by atoms with E-state index in [4.69, 9.17) is 0 Å². The maximum absolute atomic E-state index is 3.74. The lowest BCUT2D eigenvalue weighted by Crippen LogP contribution is -2.58. The second-order valence-electron chi connectivity index (χ2n) is 6.33. The first-order valence-corrected chi connectivity index (χ1v) is 8.91. The van der Waals surface area contributed by atoms with Crippen LogP contribution in [-0.2, 0) is 0 Å². The monoisotopic (exact) mass is 270 g/mol. The summed E-state index contributed by atoms with van der Waals surface area (Å²) in [5.74, 6) is 4.50. The summed E-state index contributed by atoms with van der Waals surface area (Å²) in [4.78, 5) is 2.79. The molecule has 2 atom stereocenters. The van der Waals surface area contributed by atoms with E-state index in [1.807, 2.05) is 0 Å². The van der Waals surface area contributed by atoms with Crippen LogP contribution in [0.15, 0.2) is 0 Å². The SMILES string of the molecule is CCC1CNC(C(C)C)CN1CC1CCSCC1. The standard InChI is InChI=1S/C15H30N2S/c1-4-14-9-16-15(12(2)3)11-17(14)10-13-5-7-18-8-6-13/h12-16H,4-11H2,1-3H3. The highest BCUT2D eigenvalue weighted by atomic mass is 32.2. The Balaban J connectivity index is 1.88. The zero-order valence-corrected chi connectivity index (χ0v) is 13.1. The Labute approximate surface area is 117 Å². The van der Waals surface area contributed by atoms with Gasteiger partial charge >= 0.3 is 0 Å². The van der Waals surface area contributed by atoms with Gasteiger partial charge in [-0.1, -0.05) is 20.8 Å². The molecule has 0 aromatic heterocycles. The van der Waals surface area contributed by atoms with Gasteiger partial charge in [0.15, 0.2) is 0 Å². The number of hydrogen-bond donors (Lipinski definition) is 1. The quantitative estimate of drug-likeness (QED) is 0.846. The normalized spacial score (nSPS) is 32.0. The Morgan fingerprint density at radius 2 is 2.00 bits per heavy atom. The molecule has 2 heterocycles. The van der Waals surface area contributed by atoms with Gasteiger partial charge < -0.3 is 5.32 Å². The number of thioether (sulfide) groups is 1. The average Bonchev–Trinajstić information content (AvgIpc) is 2.39. The van der Waals surface area contributed by atoms with Crippen molar-refractivity contribution in [3.05, 3.63) is 0 Å². The third-order valence-electron chi connectivity index (χ3n) is 4.67. The Hall–Kier alpha value is 0.270. The van der Waals surface area contributed by atoms with Gasteiger partial charge in [-0.3, -0.25) is 4.90 Å². The topological polar surface area (TPSA) is 15.3 Å². The van der Waals surface area contributed by atoms with Gasteiger partial charge in [0.1, 0.15) is 0 Å². The van der Waals surface area contributed by atoms with E-state index in [1.165, 1.54) is 50.4 Å². The van der Waals surface area contributed by atoms with Gasteiger partial charge in [-0.15, -0.1) is 0 Å². The minimum atomic E-state index is 0.700. The van der Waals surface area contributed by atoms with Crippen LogP contribution in [0.3, 0.4) is 0 Å². The zero-order chi connectivity index (χ0) is 13.0. The van der Waals surface area contributed by atoms with E-state index in [2.05, 4.69) is 42.7 Å². The van der Waals surface area contributed by atoms with Crippen molar-refractivity contribution >= 4 is 11.8 Å². The van der Waals surface area contributed by atoms with Crippen molar-refractivity contribution < 1.29 is 0 Å². The number of rotatable bonds is 4. The molecule has 106 valence electrons. The van der Waals surface area contributed by atoms with Gasteiger partial charge in [0.2, 0.25) is 0 Å². The number of piperazine rings is 1. The van der Waals surface area contributed by atoms with E-state index in [0.29, 0.717) is 6.04 Å². The Morgan fingerprint density at radius 1 is 1.28 bits per heavy atom. The van der Waals surface area contributed by atoms with Gasteiger partial charge in [-0.2, -0.15) is 11.8 Å². The molecule has 3 heteroatoms. The summed E-state index contributed by atoms with van der Waals surface area (Å²) in [6, 6.07) is 1.47. The maximum Gasteiger partial charge on any atom is 0.0218 e. The molecule has 2 nitrogen and oxygen atoms in total. The van der Waals surface area contributed by atoms with E-state index < -0.39 is 0 Å². The number of nitrogens with zero attached hydrogens (tertiary/aromatic N) is 1. The first-order valence-electron chi connectivity index (χ1n) is 7.75. The molecule has 0 saturated carbocycles. The van der Waals surface area contributed by atoms with E-state index in [1.54, 1.807) is 0 Å². The highest BCUT2D eigenvalue weighted by Crippen LogP contribution is 2.25. The molecular weight excluding hydrogens is 240 g/mol. The van der Waals surface area contributed by atoms with Crippen molar-refractivity contribution in [2.24, 2.45) is 11.8 Å². The molecular formula is C15H30N2S. The van der Waals surface area contributed by atoms with Gasteiger partial charge in [-0.05, 0) is 42.6 Å². The van der Waals surface area contributed by atoms with Gasteiger partial charge in [0.05, 0.1) is 0 Å². The van der Waals surface area contributed by atoms with E-state index in [9.17, 15) is 0 Å². The van der Waals surface area contributed by atoms with Crippen molar-refractivity contribution in [2.45, 2.75) is 52.1 Å². The van der Waals surface area contributed by atoms with Crippen molar-refractivity contribution in [3.63, 3.8) is 0 Å². The van der Waals surface area contributed by atoms with Crippen LogP contribution in [0.5, 0.6) is 0 Å². The van der Waals surface area contributed by atoms with Crippen molar-refractivity contribution in [2.75, 3.05) is 31.1 Å². The molecule has 0 aromatic rings. The summed E-state index contributed by atoms with van der Waals surface area (Å²) in [6.45, 7) is 10.8. The van der Waals surface area contributed by atoms with Crippen LogP contribution in [0.4, 0.5) is 0 Å². The van der Waals surface area contributed by atoms with Crippen LogP contribution in [0.25, 0.3) is 0 Å². The molecule has 2 aliphatic rings. The lowest BCUT2D eigenvalue weighted by molar-refractivity contribution is 0.0909. The third-order valence-corrected chi connectivity index (χ3v) is 5.72. The zero-order valence-electron chi connectivity index (χ0n) is 12.3. The van der Waals surface area contributed by atoms with E-state index >= 15 is 0 Å². The van der Waals surface area contributed by atoms with E-state index in [0.717, 1.165) is 17.9 Å². The minimum Gasteiger partial charge on any atom is -0.311 e. The van der Waals surface area contributed by atoms with Crippen LogP contribution >= 0.6 is 11.8 Å². The summed E-state index contributed by atoms with van der Waals surface area (Å²) in [5.41, 5.74) is 0. The van der Waals surface area contributed by atoms with Crippen LogP contribution < -0.4 is 5.32 Å². The molecule has 2 aliphatic heterocycles. The summed E-state index contributed by atoms with van der Waals surface area (Å²) >= 11 is 2.14. The van der Waals surface area contributed by atoms with Crippen LogP contribution in [-0.4, -0.2) is 48.1 Å². The lowest BCUT2D eigenvalue weighted by atomic mass is 9.95. The largest absolute Gasteiger partial charge is 0.311 e.